The number of carbonyl (C=O) groups excluding carboxylic acids is 1. The third-order valence-corrected chi connectivity index (χ3v) is 4.13. The second kappa shape index (κ2) is 8.26. The van der Waals surface area contributed by atoms with Crippen molar-refractivity contribution >= 4 is 5.97 Å². The molecular weight excluding hydrogens is 322 g/mol. The fourth-order valence-electron chi connectivity index (χ4n) is 2.98. The number of carbonyl (C=O) groups is 1. The van der Waals surface area contributed by atoms with Gasteiger partial charge in [0, 0.05) is 23.3 Å². The van der Waals surface area contributed by atoms with Crippen molar-refractivity contribution in [1.82, 2.24) is 0 Å². The summed E-state index contributed by atoms with van der Waals surface area (Å²) >= 11 is 0. The molecule has 3 heteroatoms. The van der Waals surface area contributed by atoms with Crippen LogP contribution in [-0.4, -0.2) is 12.6 Å². The van der Waals surface area contributed by atoms with Crippen molar-refractivity contribution in [2.45, 2.75) is 13.5 Å². The monoisotopic (exact) mass is 344 g/mol. The lowest BCUT2D eigenvalue weighted by Gasteiger charge is -2.11. The maximum absolute atomic E-state index is 12.4. The highest BCUT2D eigenvalue weighted by atomic mass is 16.5. The number of nitrogens with zero attached hydrogens (tertiary/aromatic N) is 1. The Morgan fingerprint density at radius 3 is 1.88 bits per heavy atom. The Morgan fingerprint density at radius 2 is 1.46 bits per heavy atom. The van der Waals surface area contributed by atoms with Gasteiger partial charge >= 0.3 is 5.97 Å². The van der Waals surface area contributed by atoms with E-state index in [2.05, 4.69) is 11.1 Å². The number of benzene rings is 2. The molecule has 3 nitrogen and oxygen atoms in total. The second-order valence-electron chi connectivity index (χ2n) is 5.87. The van der Waals surface area contributed by atoms with Gasteiger partial charge in [0.05, 0.1) is 12.2 Å². The average molecular weight is 344 g/mol. The first-order valence-electron chi connectivity index (χ1n) is 8.71. The summed E-state index contributed by atoms with van der Waals surface area (Å²) in [6, 6.07) is 23.9. The van der Waals surface area contributed by atoms with Crippen molar-refractivity contribution in [1.29, 1.82) is 0 Å². The molecule has 0 saturated carbocycles. The molecule has 1 aromatic heterocycles. The number of hydrogen-bond acceptors (Lipinski definition) is 2. The minimum Gasteiger partial charge on any atom is -0.462 e. The molecule has 1 heterocycles. The smallest absolute Gasteiger partial charge is 0.338 e. The average Bonchev–Trinajstić information content (AvgIpc) is 2.70. The van der Waals surface area contributed by atoms with Crippen molar-refractivity contribution in [2.75, 3.05) is 6.61 Å². The minimum absolute atomic E-state index is 0.312. The van der Waals surface area contributed by atoms with Gasteiger partial charge in [-0.1, -0.05) is 43.0 Å². The predicted octanol–water partition coefficient (Wildman–Crippen LogP) is 4.67. The van der Waals surface area contributed by atoms with Gasteiger partial charge < -0.3 is 4.74 Å². The van der Waals surface area contributed by atoms with E-state index in [0.717, 1.165) is 22.5 Å². The molecular formula is C23H22NO2+. The van der Waals surface area contributed by atoms with E-state index in [-0.39, 0.29) is 5.97 Å². The first kappa shape index (κ1) is 17.6. The maximum Gasteiger partial charge on any atom is 0.338 e. The first-order chi connectivity index (χ1) is 12.7. The van der Waals surface area contributed by atoms with Crippen LogP contribution < -0.4 is 4.57 Å². The number of esters is 1. The topological polar surface area (TPSA) is 30.2 Å². The van der Waals surface area contributed by atoms with E-state index in [0.29, 0.717) is 18.7 Å². The molecule has 0 aliphatic heterocycles. The summed E-state index contributed by atoms with van der Waals surface area (Å²) in [5.41, 5.74) is 4.53. The van der Waals surface area contributed by atoms with Crippen LogP contribution in [0.3, 0.4) is 0 Å². The SMILES string of the molecule is C=CC[n+]1c(-c2ccccc2)cc(C(=O)OCC)cc1-c1ccccc1. The fraction of sp³-hybridized carbons (Fsp3) is 0.130. The zero-order chi connectivity index (χ0) is 18.4. The van der Waals surface area contributed by atoms with Crippen LogP contribution in [0, 0.1) is 0 Å². The van der Waals surface area contributed by atoms with Crippen LogP contribution in [0.15, 0.2) is 85.5 Å². The number of ether oxygens (including phenoxy) is 1. The van der Waals surface area contributed by atoms with Crippen molar-refractivity contribution in [2.24, 2.45) is 0 Å². The lowest BCUT2D eigenvalue weighted by Crippen LogP contribution is -2.38. The summed E-state index contributed by atoms with van der Waals surface area (Å²) in [6.07, 6.45) is 1.86. The second-order valence-corrected chi connectivity index (χ2v) is 5.87. The molecule has 0 N–H and O–H groups in total. The summed E-state index contributed by atoms with van der Waals surface area (Å²) in [5, 5.41) is 0. The van der Waals surface area contributed by atoms with Crippen LogP contribution >= 0.6 is 0 Å². The summed E-state index contributed by atoms with van der Waals surface area (Å²) < 4.78 is 7.41. The van der Waals surface area contributed by atoms with E-state index in [4.69, 9.17) is 4.74 Å². The van der Waals surface area contributed by atoms with Crippen molar-refractivity contribution in [3.8, 4) is 22.5 Å². The number of pyridine rings is 1. The molecule has 0 atom stereocenters. The Bertz CT molecular complexity index is 842. The van der Waals surface area contributed by atoms with E-state index in [9.17, 15) is 4.79 Å². The van der Waals surface area contributed by atoms with E-state index >= 15 is 0 Å². The first-order valence-corrected chi connectivity index (χ1v) is 8.71. The van der Waals surface area contributed by atoms with Gasteiger partial charge in [0.25, 0.3) is 0 Å². The summed E-state index contributed by atoms with van der Waals surface area (Å²) in [6.45, 7) is 6.70. The molecule has 3 rings (SSSR count). The Labute approximate surface area is 154 Å². The van der Waals surface area contributed by atoms with Gasteiger partial charge in [-0.2, -0.15) is 4.57 Å². The van der Waals surface area contributed by atoms with Gasteiger partial charge in [-0.15, -0.1) is 0 Å². The van der Waals surface area contributed by atoms with E-state index < -0.39 is 0 Å². The normalized spacial score (nSPS) is 10.3. The maximum atomic E-state index is 12.4. The minimum atomic E-state index is -0.312. The molecule has 0 fully saturated rings. The number of rotatable bonds is 6. The molecule has 0 aliphatic carbocycles. The highest BCUT2D eigenvalue weighted by Crippen LogP contribution is 2.24. The third-order valence-electron chi connectivity index (χ3n) is 4.13. The number of hydrogen-bond donors (Lipinski definition) is 0. The highest BCUT2D eigenvalue weighted by molar-refractivity contribution is 5.91. The van der Waals surface area contributed by atoms with Gasteiger partial charge in [-0.05, 0) is 37.3 Å². The molecule has 0 radical (unpaired) electrons. The molecule has 26 heavy (non-hydrogen) atoms. The molecule has 0 aliphatic rings. The summed E-state index contributed by atoms with van der Waals surface area (Å²) in [7, 11) is 0. The molecule has 0 unspecified atom stereocenters. The fourth-order valence-corrected chi connectivity index (χ4v) is 2.98. The standard InChI is InChI=1S/C23H22NO2/c1-3-15-24-21(18-11-7-5-8-12-18)16-20(23(25)26-4-2)17-22(24)19-13-9-6-10-14-19/h3,5-14,16-17H,1,4,15H2,2H3/q+1. The van der Waals surface area contributed by atoms with Crippen molar-refractivity contribution < 1.29 is 14.1 Å². The van der Waals surface area contributed by atoms with E-state index in [1.807, 2.05) is 85.8 Å². The van der Waals surface area contributed by atoms with Gasteiger partial charge in [0.1, 0.15) is 0 Å². The van der Waals surface area contributed by atoms with E-state index in [1.165, 1.54) is 0 Å². The Balaban J connectivity index is 2.28. The van der Waals surface area contributed by atoms with Crippen LogP contribution in [0.2, 0.25) is 0 Å². The van der Waals surface area contributed by atoms with Gasteiger partial charge in [-0.25, -0.2) is 4.79 Å². The lowest BCUT2D eigenvalue weighted by atomic mass is 10.0. The van der Waals surface area contributed by atoms with Crippen LogP contribution in [-0.2, 0) is 11.3 Å². The molecule has 3 aromatic rings. The summed E-state index contributed by atoms with van der Waals surface area (Å²) in [4.78, 5) is 12.4. The van der Waals surface area contributed by atoms with Crippen molar-refractivity contribution in [3.63, 3.8) is 0 Å². The molecule has 0 bridgehead atoms. The van der Waals surface area contributed by atoms with Gasteiger partial charge in [0.2, 0.25) is 11.4 Å². The van der Waals surface area contributed by atoms with Gasteiger partial charge in [0.15, 0.2) is 6.54 Å². The van der Waals surface area contributed by atoms with Gasteiger partial charge in [-0.3, -0.25) is 0 Å². The number of aromatic nitrogens is 1. The zero-order valence-corrected chi connectivity index (χ0v) is 14.9. The zero-order valence-electron chi connectivity index (χ0n) is 14.9. The summed E-state index contributed by atoms with van der Waals surface area (Å²) in [5.74, 6) is -0.312. The Kier molecular flexibility index (Phi) is 5.59. The molecule has 0 saturated heterocycles. The lowest BCUT2D eigenvalue weighted by molar-refractivity contribution is -0.665. The van der Waals surface area contributed by atoms with Crippen molar-refractivity contribution in [3.05, 3.63) is 91.0 Å². The van der Waals surface area contributed by atoms with Crippen LogP contribution in [0.1, 0.15) is 17.3 Å². The Morgan fingerprint density at radius 1 is 0.962 bits per heavy atom. The van der Waals surface area contributed by atoms with Crippen LogP contribution in [0.4, 0.5) is 0 Å². The third kappa shape index (κ3) is 3.72. The van der Waals surface area contributed by atoms with Crippen LogP contribution in [0.5, 0.6) is 0 Å². The molecule has 130 valence electrons. The molecule has 0 amide bonds. The number of allylic oxidation sites excluding steroid dienone is 1. The highest BCUT2D eigenvalue weighted by Gasteiger charge is 2.23. The Hall–Kier alpha value is -3.20. The molecule has 2 aromatic carbocycles. The largest absolute Gasteiger partial charge is 0.462 e. The molecule has 0 spiro atoms. The quantitative estimate of drug-likeness (QED) is 0.369. The predicted molar refractivity (Wildman–Crippen MR) is 104 cm³/mol. The van der Waals surface area contributed by atoms with E-state index in [1.54, 1.807) is 0 Å². The van der Waals surface area contributed by atoms with Crippen LogP contribution in [0.25, 0.3) is 22.5 Å².